The highest BCUT2D eigenvalue weighted by Gasteiger charge is 2.14. The molecule has 2 heterocycles. The SMILES string of the molecule is COc1ccccc1COc1cc(NC(=O)c2snnc2C)ncn1. The van der Waals surface area contributed by atoms with Crippen LogP contribution in [0.3, 0.4) is 0 Å². The molecule has 8 nitrogen and oxygen atoms in total. The molecule has 2 aromatic heterocycles. The fraction of sp³-hybridized carbons (Fsp3) is 0.188. The third-order valence-electron chi connectivity index (χ3n) is 3.31. The van der Waals surface area contributed by atoms with Gasteiger partial charge in [0.2, 0.25) is 5.88 Å². The summed E-state index contributed by atoms with van der Waals surface area (Å²) in [6.07, 6.45) is 1.32. The number of carbonyl (C=O) groups excluding carboxylic acids is 1. The first-order chi connectivity index (χ1) is 12.2. The van der Waals surface area contributed by atoms with E-state index in [0.29, 0.717) is 22.3 Å². The summed E-state index contributed by atoms with van der Waals surface area (Å²) in [5.41, 5.74) is 1.46. The average Bonchev–Trinajstić information content (AvgIpc) is 3.06. The number of rotatable bonds is 6. The number of para-hydroxylation sites is 1. The zero-order chi connectivity index (χ0) is 17.6. The van der Waals surface area contributed by atoms with Crippen LogP contribution in [-0.4, -0.2) is 32.6 Å². The highest BCUT2D eigenvalue weighted by atomic mass is 32.1. The van der Waals surface area contributed by atoms with Crippen LogP contribution in [-0.2, 0) is 6.61 Å². The highest BCUT2D eigenvalue weighted by Crippen LogP contribution is 2.20. The van der Waals surface area contributed by atoms with Gasteiger partial charge in [0, 0.05) is 11.6 Å². The van der Waals surface area contributed by atoms with Gasteiger partial charge in [-0.05, 0) is 24.5 Å². The maximum absolute atomic E-state index is 12.2. The van der Waals surface area contributed by atoms with Crippen molar-refractivity contribution >= 4 is 23.3 Å². The molecule has 3 rings (SSSR count). The first kappa shape index (κ1) is 16.8. The van der Waals surface area contributed by atoms with Gasteiger partial charge >= 0.3 is 0 Å². The number of aryl methyl sites for hydroxylation is 1. The minimum absolute atomic E-state index is 0.284. The Bertz CT molecular complexity index is 883. The summed E-state index contributed by atoms with van der Waals surface area (Å²) in [5.74, 6) is 1.10. The molecule has 0 aliphatic rings. The Kier molecular flexibility index (Phi) is 5.14. The van der Waals surface area contributed by atoms with E-state index >= 15 is 0 Å². The lowest BCUT2D eigenvalue weighted by atomic mass is 10.2. The van der Waals surface area contributed by atoms with Gasteiger partial charge in [0.05, 0.1) is 12.8 Å². The predicted molar refractivity (Wildman–Crippen MR) is 92.0 cm³/mol. The monoisotopic (exact) mass is 357 g/mol. The summed E-state index contributed by atoms with van der Waals surface area (Å²) >= 11 is 1.03. The van der Waals surface area contributed by atoms with E-state index in [0.717, 1.165) is 22.8 Å². The lowest BCUT2D eigenvalue weighted by Gasteiger charge is -2.10. The van der Waals surface area contributed by atoms with E-state index in [9.17, 15) is 4.79 Å². The maximum atomic E-state index is 12.2. The van der Waals surface area contributed by atoms with Crippen LogP contribution in [0.15, 0.2) is 36.7 Å². The van der Waals surface area contributed by atoms with Gasteiger partial charge in [0.15, 0.2) is 0 Å². The molecule has 128 valence electrons. The van der Waals surface area contributed by atoms with Crippen molar-refractivity contribution in [3.05, 3.63) is 52.8 Å². The molecule has 0 spiro atoms. The van der Waals surface area contributed by atoms with Crippen molar-refractivity contribution in [2.75, 3.05) is 12.4 Å². The van der Waals surface area contributed by atoms with Crippen LogP contribution in [0.5, 0.6) is 11.6 Å². The van der Waals surface area contributed by atoms with Crippen LogP contribution in [0, 0.1) is 6.92 Å². The number of hydrogen-bond acceptors (Lipinski definition) is 8. The van der Waals surface area contributed by atoms with Crippen molar-refractivity contribution < 1.29 is 14.3 Å². The molecule has 0 aliphatic heterocycles. The van der Waals surface area contributed by atoms with Crippen molar-refractivity contribution in [1.82, 2.24) is 19.6 Å². The van der Waals surface area contributed by atoms with E-state index in [2.05, 4.69) is 24.9 Å². The molecule has 1 N–H and O–H groups in total. The van der Waals surface area contributed by atoms with Gasteiger partial charge < -0.3 is 14.8 Å². The van der Waals surface area contributed by atoms with E-state index in [4.69, 9.17) is 9.47 Å². The van der Waals surface area contributed by atoms with Crippen LogP contribution in [0.25, 0.3) is 0 Å². The summed E-state index contributed by atoms with van der Waals surface area (Å²) in [5, 5.41) is 6.50. The molecule has 0 bridgehead atoms. The number of carbonyl (C=O) groups is 1. The molecule has 0 fully saturated rings. The summed E-state index contributed by atoms with van der Waals surface area (Å²) < 4.78 is 14.7. The van der Waals surface area contributed by atoms with Crippen LogP contribution >= 0.6 is 11.5 Å². The minimum Gasteiger partial charge on any atom is -0.496 e. The number of benzene rings is 1. The van der Waals surface area contributed by atoms with Gasteiger partial charge in [-0.25, -0.2) is 9.97 Å². The molecule has 25 heavy (non-hydrogen) atoms. The summed E-state index contributed by atoms with van der Waals surface area (Å²) in [6, 6.07) is 9.10. The Balaban J connectivity index is 1.67. The maximum Gasteiger partial charge on any atom is 0.270 e. The summed E-state index contributed by atoms with van der Waals surface area (Å²) in [7, 11) is 1.60. The molecule has 3 aromatic rings. The number of aromatic nitrogens is 4. The fourth-order valence-electron chi connectivity index (χ4n) is 2.07. The molecule has 0 unspecified atom stereocenters. The van der Waals surface area contributed by atoms with Crippen LogP contribution < -0.4 is 14.8 Å². The van der Waals surface area contributed by atoms with Crippen molar-refractivity contribution in [1.29, 1.82) is 0 Å². The van der Waals surface area contributed by atoms with E-state index < -0.39 is 0 Å². The highest BCUT2D eigenvalue weighted by molar-refractivity contribution is 7.08. The van der Waals surface area contributed by atoms with Crippen molar-refractivity contribution in [2.24, 2.45) is 0 Å². The molecule has 9 heteroatoms. The van der Waals surface area contributed by atoms with E-state index in [-0.39, 0.29) is 12.5 Å². The second kappa shape index (κ2) is 7.67. The van der Waals surface area contributed by atoms with Crippen molar-refractivity contribution in [3.8, 4) is 11.6 Å². The quantitative estimate of drug-likeness (QED) is 0.723. The van der Waals surface area contributed by atoms with Crippen molar-refractivity contribution in [2.45, 2.75) is 13.5 Å². The molecular weight excluding hydrogens is 342 g/mol. The Morgan fingerprint density at radius 1 is 1.28 bits per heavy atom. The van der Waals surface area contributed by atoms with Gasteiger partial charge in [-0.1, -0.05) is 22.7 Å². The number of amides is 1. The molecular formula is C16H15N5O3S. The zero-order valence-corrected chi connectivity index (χ0v) is 14.4. The largest absolute Gasteiger partial charge is 0.496 e. The standard InChI is InChI=1S/C16H15N5O3S/c1-10-15(25-21-20-10)16(22)19-13-7-14(18-9-17-13)24-8-11-5-3-4-6-12(11)23-2/h3-7,9H,8H2,1-2H3,(H,17,18,19,22). The van der Waals surface area contributed by atoms with Crippen molar-refractivity contribution in [3.63, 3.8) is 0 Å². The van der Waals surface area contributed by atoms with Gasteiger partial charge in [0.25, 0.3) is 5.91 Å². The molecule has 0 aliphatic carbocycles. The Morgan fingerprint density at radius 3 is 2.88 bits per heavy atom. The first-order valence-corrected chi connectivity index (χ1v) is 8.11. The van der Waals surface area contributed by atoms with E-state index in [1.54, 1.807) is 20.1 Å². The van der Waals surface area contributed by atoms with E-state index in [1.165, 1.54) is 6.33 Å². The molecule has 0 saturated carbocycles. The third kappa shape index (κ3) is 4.07. The van der Waals surface area contributed by atoms with E-state index in [1.807, 2.05) is 24.3 Å². The summed E-state index contributed by atoms with van der Waals surface area (Å²) in [4.78, 5) is 20.7. The number of nitrogens with zero attached hydrogens (tertiary/aromatic N) is 4. The number of hydrogen-bond donors (Lipinski definition) is 1. The minimum atomic E-state index is -0.318. The molecule has 1 amide bonds. The van der Waals surface area contributed by atoms with Gasteiger partial charge in [-0.15, -0.1) is 5.10 Å². The van der Waals surface area contributed by atoms with Gasteiger partial charge in [-0.3, -0.25) is 4.79 Å². The second-order valence-corrected chi connectivity index (χ2v) is 5.74. The van der Waals surface area contributed by atoms with Crippen LogP contribution in [0.1, 0.15) is 20.9 Å². The zero-order valence-electron chi connectivity index (χ0n) is 13.6. The molecule has 0 atom stereocenters. The Labute approximate surface area is 148 Å². The third-order valence-corrected chi connectivity index (χ3v) is 4.14. The smallest absolute Gasteiger partial charge is 0.270 e. The first-order valence-electron chi connectivity index (χ1n) is 7.34. The Morgan fingerprint density at radius 2 is 2.12 bits per heavy atom. The average molecular weight is 357 g/mol. The van der Waals surface area contributed by atoms with Gasteiger partial charge in [-0.2, -0.15) is 0 Å². The fourth-order valence-corrected chi connectivity index (χ4v) is 2.63. The Hall–Kier alpha value is -3.07. The number of nitrogens with one attached hydrogen (secondary N) is 1. The van der Waals surface area contributed by atoms with Crippen LogP contribution in [0.4, 0.5) is 5.82 Å². The second-order valence-electron chi connectivity index (χ2n) is 4.98. The molecule has 1 aromatic carbocycles. The topological polar surface area (TPSA) is 99.1 Å². The molecule has 0 saturated heterocycles. The lowest BCUT2D eigenvalue weighted by Crippen LogP contribution is -2.13. The number of methoxy groups -OCH3 is 1. The number of ether oxygens (including phenoxy) is 2. The summed E-state index contributed by atoms with van der Waals surface area (Å²) in [6.45, 7) is 2.01. The molecule has 0 radical (unpaired) electrons. The van der Waals surface area contributed by atoms with Gasteiger partial charge in [0.1, 0.15) is 29.4 Å². The number of anilines is 1. The normalized spacial score (nSPS) is 10.3. The van der Waals surface area contributed by atoms with Crippen LogP contribution in [0.2, 0.25) is 0 Å². The lowest BCUT2D eigenvalue weighted by molar-refractivity contribution is 0.102. The predicted octanol–water partition coefficient (Wildman–Crippen LogP) is 2.48.